The maximum absolute atomic E-state index is 2.70. The first kappa shape index (κ1) is 14.0. The molecule has 0 radical (unpaired) electrons. The first-order valence-electron chi connectivity index (χ1n) is 6.54. The largest absolute Gasteiger partial charge is 0.300 e. The maximum Gasteiger partial charge on any atom is 0.00900 e. The van der Waals surface area contributed by atoms with Crippen LogP contribution in [0.15, 0.2) is 0 Å². The lowest BCUT2D eigenvalue weighted by Gasteiger charge is -2.30. The van der Waals surface area contributed by atoms with Gasteiger partial charge in [0.2, 0.25) is 0 Å². The van der Waals surface area contributed by atoms with Gasteiger partial charge in [-0.15, -0.1) is 0 Å². The molecule has 14 heavy (non-hydrogen) atoms. The molecule has 0 saturated carbocycles. The predicted octanol–water partition coefficient (Wildman–Crippen LogP) is 4.08. The van der Waals surface area contributed by atoms with Gasteiger partial charge in [0.1, 0.15) is 0 Å². The van der Waals surface area contributed by atoms with Crippen LogP contribution in [-0.2, 0) is 0 Å². The Kier molecular flexibility index (Phi) is 9.49. The fourth-order valence-corrected chi connectivity index (χ4v) is 2.00. The van der Waals surface area contributed by atoms with E-state index in [1.165, 1.54) is 51.6 Å². The van der Waals surface area contributed by atoms with E-state index < -0.39 is 0 Å². The maximum atomic E-state index is 2.70. The van der Waals surface area contributed by atoms with Crippen LogP contribution in [0.3, 0.4) is 0 Å². The molecule has 0 aliphatic rings. The van der Waals surface area contributed by atoms with Crippen molar-refractivity contribution in [3.05, 3.63) is 0 Å². The van der Waals surface area contributed by atoms with Crippen molar-refractivity contribution in [2.75, 3.05) is 13.1 Å². The molecular weight excluding hydrogens is 170 g/mol. The molecule has 0 saturated heterocycles. The van der Waals surface area contributed by atoms with E-state index >= 15 is 0 Å². The Labute approximate surface area is 90.9 Å². The summed E-state index contributed by atoms with van der Waals surface area (Å²) in [6.07, 6.45) is 7.99. The Morgan fingerprint density at radius 2 is 1.21 bits per heavy atom. The van der Waals surface area contributed by atoms with Gasteiger partial charge in [-0.25, -0.2) is 0 Å². The molecule has 1 heteroatoms. The van der Waals surface area contributed by atoms with Gasteiger partial charge in [0, 0.05) is 6.04 Å². The van der Waals surface area contributed by atoms with Crippen molar-refractivity contribution in [2.45, 2.75) is 72.3 Å². The number of unbranched alkanes of at least 4 members (excludes halogenated alkanes) is 2. The van der Waals surface area contributed by atoms with Crippen LogP contribution < -0.4 is 0 Å². The summed E-state index contributed by atoms with van der Waals surface area (Å²) in [6, 6.07) is 0.827. The van der Waals surface area contributed by atoms with Crippen LogP contribution in [0.5, 0.6) is 0 Å². The number of rotatable bonds is 9. The second-order valence-corrected chi connectivity index (χ2v) is 4.21. The topological polar surface area (TPSA) is 3.24 Å². The minimum Gasteiger partial charge on any atom is -0.300 e. The minimum atomic E-state index is 0.827. The summed E-state index contributed by atoms with van der Waals surface area (Å²) in [5, 5.41) is 0. The van der Waals surface area contributed by atoms with Crippen LogP contribution in [0.4, 0.5) is 0 Å². The standard InChI is InChI=1S/C13H29N/c1-5-9-11-14(12-10-6-2)13(7-3)8-4/h13H,5-12H2,1-4H3. The fourth-order valence-electron chi connectivity index (χ4n) is 2.00. The third-order valence-electron chi connectivity index (χ3n) is 3.06. The molecule has 86 valence electrons. The van der Waals surface area contributed by atoms with Crippen molar-refractivity contribution in [3.63, 3.8) is 0 Å². The zero-order valence-electron chi connectivity index (χ0n) is 10.7. The summed E-state index contributed by atoms with van der Waals surface area (Å²) < 4.78 is 0. The third-order valence-corrected chi connectivity index (χ3v) is 3.06. The molecule has 0 unspecified atom stereocenters. The highest BCUT2D eigenvalue weighted by Crippen LogP contribution is 2.11. The Balaban J connectivity index is 3.92. The van der Waals surface area contributed by atoms with Crippen LogP contribution in [0, 0.1) is 0 Å². The Morgan fingerprint density at radius 3 is 1.50 bits per heavy atom. The van der Waals surface area contributed by atoms with Crippen molar-refractivity contribution in [3.8, 4) is 0 Å². The van der Waals surface area contributed by atoms with Crippen LogP contribution >= 0.6 is 0 Å². The highest BCUT2D eigenvalue weighted by molar-refractivity contribution is 4.68. The molecule has 0 aromatic rings. The molecule has 0 bridgehead atoms. The zero-order chi connectivity index (χ0) is 10.8. The normalized spacial score (nSPS) is 11.6. The molecule has 0 aliphatic carbocycles. The Hall–Kier alpha value is -0.0400. The van der Waals surface area contributed by atoms with Gasteiger partial charge >= 0.3 is 0 Å². The lowest BCUT2D eigenvalue weighted by molar-refractivity contribution is 0.180. The van der Waals surface area contributed by atoms with E-state index in [0.717, 1.165) is 6.04 Å². The number of nitrogens with zero attached hydrogens (tertiary/aromatic N) is 1. The van der Waals surface area contributed by atoms with E-state index in [1.54, 1.807) is 0 Å². The van der Waals surface area contributed by atoms with Crippen molar-refractivity contribution in [1.82, 2.24) is 4.90 Å². The summed E-state index contributed by atoms with van der Waals surface area (Å²) >= 11 is 0. The van der Waals surface area contributed by atoms with Crippen molar-refractivity contribution < 1.29 is 0 Å². The second kappa shape index (κ2) is 9.51. The second-order valence-electron chi connectivity index (χ2n) is 4.21. The molecule has 0 aliphatic heterocycles. The van der Waals surface area contributed by atoms with E-state index in [0.29, 0.717) is 0 Å². The van der Waals surface area contributed by atoms with E-state index in [-0.39, 0.29) is 0 Å². The van der Waals surface area contributed by atoms with Gasteiger partial charge in [0.15, 0.2) is 0 Å². The van der Waals surface area contributed by atoms with Crippen molar-refractivity contribution in [1.29, 1.82) is 0 Å². The predicted molar refractivity (Wildman–Crippen MR) is 65.8 cm³/mol. The first-order valence-corrected chi connectivity index (χ1v) is 6.54. The lowest BCUT2D eigenvalue weighted by atomic mass is 10.1. The van der Waals surface area contributed by atoms with Gasteiger partial charge in [-0.1, -0.05) is 40.5 Å². The molecule has 0 N–H and O–H groups in total. The highest BCUT2D eigenvalue weighted by Gasteiger charge is 2.13. The van der Waals surface area contributed by atoms with Gasteiger partial charge in [-0.2, -0.15) is 0 Å². The monoisotopic (exact) mass is 199 g/mol. The van der Waals surface area contributed by atoms with Crippen LogP contribution in [-0.4, -0.2) is 24.0 Å². The van der Waals surface area contributed by atoms with Crippen molar-refractivity contribution >= 4 is 0 Å². The molecule has 0 atom stereocenters. The minimum absolute atomic E-state index is 0.827. The van der Waals surface area contributed by atoms with Gasteiger partial charge in [-0.05, 0) is 38.8 Å². The average molecular weight is 199 g/mol. The highest BCUT2D eigenvalue weighted by atomic mass is 15.1. The summed E-state index contributed by atoms with van der Waals surface area (Å²) in [5.41, 5.74) is 0. The van der Waals surface area contributed by atoms with Crippen LogP contribution in [0.2, 0.25) is 0 Å². The summed E-state index contributed by atoms with van der Waals surface area (Å²) in [7, 11) is 0. The SMILES string of the molecule is CCCCN(CCCC)C(CC)CC. The molecule has 0 amide bonds. The fraction of sp³-hybridized carbons (Fsp3) is 1.00. The van der Waals surface area contributed by atoms with Gasteiger partial charge < -0.3 is 4.90 Å². The Morgan fingerprint density at radius 1 is 0.786 bits per heavy atom. The van der Waals surface area contributed by atoms with Crippen molar-refractivity contribution in [2.24, 2.45) is 0 Å². The lowest BCUT2D eigenvalue weighted by Crippen LogP contribution is -2.36. The first-order chi connectivity index (χ1) is 6.79. The molecular formula is C13H29N. The molecule has 1 nitrogen and oxygen atoms in total. The van der Waals surface area contributed by atoms with Gasteiger partial charge in [-0.3, -0.25) is 0 Å². The van der Waals surface area contributed by atoms with Crippen LogP contribution in [0.25, 0.3) is 0 Å². The quantitative estimate of drug-likeness (QED) is 0.541. The summed E-state index contributed by atoms with van der Waals surface area (Å²) in [6.45, 7) is 11.8. The average Bonchev–Trinajstić information content (AvgIpc) is 2.22. The van der Waals surface area contributed by atoms with E-state index in [1.807, 2.05) is 0 Å². The molecule has 0 fully saturated rings. The molecule has 0 spiro atoms. The molecule has 0 aromatic heterocycles. The van der Waals surface area contributed by atoms with E-state index in [4.69, 9.17) is 0 Å². The van der Waals surface area contributed by atoms with E-state index in [9.17, 15) is 0 Å². The third kappa shape index (κ3) is 5.64. The Bertz CT molecular complexity index is 99.8. The summed E-state index contributed by atoms with van der Waals surface area (Å²) in [4.78, 5) is 2.70. The van der Waals surface area contributed by atoms with E-state index in [2.05, 4.69) is 32.6 Å². The van der Waals surface area contributed by atoms with Gasteiger partial charge in [0.25, 0.3) is 0 Å². The number of hydrogen-bond donors (Lipinski definition) is 0. The smallest absolute Gasteiger partial charge is 0.00900 e. The molecule has 0 aromatic carbocycles. The summed E-state index contributed by atoms with van der Waals surface area (Å²) in [5.74, 6) is 0. The number of hydrogen-bond acceptors (Lipinski definition) is 1. The zero-order valence-corrected chi connectivity index (χ0v) is 10.7. The van der Waals surface area contributed by atoms with Crippen LogP contribution in [0.1, 0.15) is 66.2 Å². The van der Waals surface area contributed by atoms with Gasteiger partial charge in [0.05, 0.1) is 0 Å². The molecule has 0 rings (SSSR count). The molecule has 0 heterocycles.